The van der Waals surface area contributed by atoms with Gasteiger partial charge in [0.05, 0.1) is 0 Å². The lowest BCUT2D eigenvalue weighted by Gasteiger charge is -2.21. The van der Waals surface area contributed by atoms with Gasteiger partial charge in [0.15, 0.2) is 11.6 Å². The molecule has 1 N–H and O–H groups in total. The second-order valence-corrected chi connectivity index (χ2v) is 6.20. The molecule has 1 heterocycles. The highest BCUT2D eigenvalue weighted by atomic mass is 16.4. The number of carbonyl (C=O) groups is 1. The molecule has 1 aliphatic rings. The van der Waals surface area contributed by atoms with Gasteiger partial charge in [-0.05, 0) is 44.7 Å². The van der Waals surface area contributed by atoms with Crippen molar-refractivity contribution in [2.75, 3.05) is 0 Å². The first kappa shape index (κ1) is 14.8. The van der Waals surface area contributed by atoms with Crippen molar-refractivity contribution in [3.05, 3.63) is 52.2 Å². The number of nitrogens with zero attached hydrogens (tertiary/aromatic N) is 1. The number of aromatic nitrogens is 1. The van der Waals surface area contributed by atoms with Crippen LogP contribution in [0.3, 0.4) is 0 Å². The van der Waals surface area contributed by atoms with E-state index in [4.69, 9.17) is 4.42 Å². The predicted molar refractivity (Wildman–Crippen MR) is 84.9 cm³/mol. The van der Waals surface area contributed by atoms with Gasteiger partial charge in [-0.3, -0.25) is 4.79 Å². The molecular weight excluding hydrogens is 276 g/mol. The molecule has 1 amide bonds. The molecule has 4 heteroatoms. The van der Waals surface area contributed by atoms with Crippen molar-refractivity contribution >= 4 is 5.91 Å². The van der Waals surface area contributed by atoms with Crippen molar-refractivity contribution in [2.45, 2.75) is 52.5 Å². The molecule has 22 heavy (non-hydrogen) atoms. The zero-order valence-electron chi connectivity index (χ0n) is 13.4. The topological polar surface area (TPSA) is 55.1 Å². The molecule has 0 spiro atoms. The van der Waals surface area contributed by atoms with Crippen LogP contribution in [0.4, 0.5) is 0 Å². The molecule has 4 nitrogen and oxygen atoms in total. The molecule has 0 radical (unpaired) electrons. The number of aryl methyl sites for hydroxylation is 3. The maximum absolute atomic E-state index is 12.3. The van der Waals surface area contributed by atoms with E-state index < -0.39 is 0 Å². The second kappa shape index (κ2) is 5.95. The Labute approximate surface area is 130 Å². The molecule has 116 valence electrons. The monoisotopic (exact) mass is 298 g/mol. The molecule has 0 saturated heterocycles. The summed E-state index contributed by atoms with van der Waals surface area (Å²) in [6, 6.07) is 6.26. The summed E-state index contributed by atoms with van der Waals surface area (Å²) in [5.74, 6) is 1.58. The van der Waals surface area contributed by atoms with Gasteiger partial charge in [0.1, 0.15) is 5.76 Å². The summed E-state index contributed by atoms with van der Waals surface area (Å²) in [5.41, 5.74) is 3.93. The van der Waals surface area contributed by atoms with Crippen LogP contribution in [0.5, 0.6) is 0 Å². The Morgan fingerprint density at radius 1 is 1.32 bits per heavy atom. The van der Waals surface area contributed by atoms with E-state index in [9.17, 15) is 4.79 Å². The summed E-state index contributed by atoms with van der Waals surface area (Å²) in [6.45, 7) is 6.42. The molecule has 1 aromatic heterocycles. The Bertz CT molecular complexity index is 699. The fraction of sp³-hybridized carbons (Fsp3) is 0.444. The lowest BCUT2D eigenvalue weighted by molar-refractivity contribution is 0.0945. The van der Waals surface area contributed by atoms with Crippen LogP contribution in [-0.2, 0) is 6.54 Å². The maximum Gasteiger partial charge on any atom is 0.273 e. The molecule has 3 rings (SSSR count). The van der Waals surface area contributed by atoms with Gasteiger partial charge in [-0.15, -0.1) is 0 Å². The van der Waals surface area contributed by atoms with Gasteiger partial charge in [0, 0.05) is 12.5 Å². The van der Waals surface area contributed by atoms with Crippen LogP contribution in [0.2, 0.25) is 0 Å². The van der Waals surface area contributed by atoms with E-state index in [0.29, 0.717) is 23.9 Å². The predicted octanol–water partition coefficient (Wildman–Crippen LogP) is 3.80. The summed E-state index contributed by atoms with van der Waals surface area (Å²) in [7, 11) is 0. The summed E-state index contributed by atoms with van der Waals surface area (Å²) in [4.78, 5) is 16.7. The Kier molecular flexibility index (Phi) is 4.01. The van der Waals surface area contributed by atoms with Crippen molar-refractivity contribution in [1.29, 1.82) is 0 Å². The Balaban J connectivity index is 1.69. The minimum atomic E-state index is -0.160. The Hall–Kier alpha value is -2.10. The summed E-state index contributed by atoms with van der Waals surface area (Å²) in [6.07, 6.45) is 3.45. The smallest absolute Gasteiger partial charge is 0.273 e. The quantitative estimate of drug-likeness (QED) is 0.934. The van der Waals surface area contributed by atoms with Crippen LogP contribution in [0.1, 0.15) is 64.0 Å². The summed E-state index contributed by atoms with van der Waals surface area (Å²) >= 11 is 0. The summed E-state index contributed by atoms with van der Waals surface area (Å²) < 4.78 is 5.66. The molecule has 0 aliphatic heterocycles. The third kappa shape index (κ3) is 2.91. The minimum Gasteiger partial charge on any atom is -0.445 e. The van der Waals surface area contributed by atoms with Crippen LogP contribution >= 0.6 is 0 Å². The van der Waals surface area contributed by atoms with Crippen molar-refractivity contribution in [3.8, 4) is 0 Å². The average Bonchev–Trinajstić information content (AvgIpc) is 2.79. The molecule has 1 saturated carbocycles. The van der Waals surface area contributed by atoms with E-state index in [1.807, 2.05) is 6.92 Å². The van der Waals surface area contributed by atoms with Crippen LogP contribution < -0.4 is 5.32 Å². The fourth-order valence-electron chi connectivity index (χ4n) is 2.71. The number of oxazole rings is 1. The van der Waals surface area contributed by atoms with E-state index in [2.05, 4.69) is 42.3 Å². The normalized spacial score (nSPS) is 14.7. The lowest BCUT2D eigenvalue weighted by atomic mass is 9.85. The van der Waals surface area contributed by atoms with E-state index in [-0.39, 0.29) is 5.91 Å². The van der Waals surface area contributed by atoms with Crippen molar-refractivity contribution < 1.29 is 9.21 Å². The first-order valence-corrected chi connectivity index (χ1v) is 7.86. The molecule has 0 unspecified atom stereocenters. The van der Waals surface area contributed by atoms with Gasteiger partial charge in [0.2, 0.25) is 0 Å². The van der Waals surface area contributed by atoms with E-state index in [0.717, 1.165) is 24.3 Å². The van der Waals surface area contributed by atoms with Crippen molar-refractivity contribution in [2.24, 2.45) is 0 Å². The SMILES string of the molecule is Cc1ccc(C)c(CNC(=O)c2nc(C3CCC3)oc2C)c1. The number of amides is 1. The van der Waals surface area contributed by atoms with E-state index in [1.54, 1.807) is 0 Å². The second-order valence-electron chi connectivity index (χ2n) is 6.20. The van der Waals surface area contributed by atoms with Crippen molar-refractivity contribution in [3.63, 3.8) is 0 Å². The molecule has 0 bridgehead atoms. The minimum absolute atomic E-state index is 0.160. The van der Waals surface area contributed by atoms with Gasteiger partial charge in [-0.25, -0.2) is 4.98 Å². The van der Waals surface area contributed by atoms with Crippen LogP contribution in [0, 0.1) is 20.8 Å². The number of nitrogens with one attached hydrogen (secondary N) is 1. The number of hydrogen-bond donors (Lipinski definition) is 1. The standard InChI is InChI=1S/C18H22N2O2/c1-11-7-8-12(2)15(9-11)10-19-17(21)16-13(3)22-18(20-16)14-5-4-6-14/h7-9,14H,4-6,10H2,1-3H3,(H,19,21). The van der Waals surface area contributed by atoms with Crippen LogP contribution in [-0.4, -0.2) is 10.9 Å². The highest BCUT2D eigenvalue weighted by Crippen LogP contribution is 2.36. The lowest BCUT2D eigenvalue weighted by Crippen LogP contribution is -2.24. The van der Waals surface area contributed by atoms with E-state index >= 15 is 0 Å². The Morgan fingerprint density at radius 2 is 2.09 bits per heavy atom. The first-order chi connectivity index (χ1) is 10.5. The van der Waals surface area contributed by atoms with Gasteiger partial charge in [-0.2, -0.15) is 0 Å². The molecule has 1 fully saturated rings. The third-order valence-electron chi connectivity index (χ3n) is 4.43. The zero-order valence-corrected chi connectivity index (χ0v) is 13.4. The zero-order chi connectivity index (χ0) is 15.7. The molecule has 1 aromatic carbocycles. The summed E-state index contributed by atoms with van der Waals surface area (Å²) in [5, 5.41) is 2.95. The largest absolute Gasteiger partial charge is 0.445 e. The highest BCUT2D eigenvalue weighted by molar-refractivity contribution is 5.93. The molecule has 1 aliphatic carbocycles. The number of carbonyl (C=O) groups excluding carboxylic acids is 1. The Morgan fingerprint density at radius 3 is 2.77 bits per heavy atom. The van der Waals surface area contributed by atoms with Gasteiger partial charge in [-0.1, -0.05) is 30.2 Å². The fourth-order valence-corrected chi connectivity index (χ4v) is 2.71. The van der Waals surface area contributed by atoms with Crippen LogP contribution in [0.25, 0.3) is 0 Å². The van der Waals surface area contributed by atoms with E-state index in [1.165, 1.54) is 17.5 Å². The highest BCUT2D eigenvalue weighted by Gasteiger charge is 2.27. The van der Waals surface area contributed by atoms with Crippen LogP contribution in [0.15, 0.2) is 22.6 Å². The number of hydrogen-bond acceptors (Lipinski definition) is 3. The molecule has 0 atom stereocenters. The first-order valence-electron chi connectivity index (χ1n) is 7.86. The third-order valence-corrected chi connectivity index (χ3v) is 4.43. The van der Waals surface area contributed by atoms with Gasteiger partial charge >= 0.3 is 0 Å². The maximum atomic E-state index is 12.3. The van der Waals surface area contributed by atoms with Gasteiger partial charge < -0.3 is 9.73 Å². The molecule has 2 aromatic rings. The average molecular weight is 298 g/mol. The number of rotatable bonds is 4. The molecular formula is C18H22N2O2. The van der Waals surface area contributed by atoms with Crippen molar-refractivity contribution in [1.82, 2.24) is 10.3 Å². The van der Waals surface area contributed by atoms with Gasteiger partial charge in [0.25, 0.3) is 5.91 Å². The number of benzene rings is 1.